The van der Waals surface area contributed by atoms with Gasteiger partial charge in [-0.15, -0.1) is 0 Å². The predicted molar refractivity (Wildman–Crippen MR) is 120 cm³/mol. The van der Waals surface area contributed by atoms with Crippen molar-refractivity contribution in [1.29, 1.82) is 0 Å². The van der Waals surface area contributed by atoms with E-state index in [2.05, 4.69) is 24.0 Å². The molecule has 6 nitrogen and oxygen atoms in total. The molecule has 1 aromatic carbocycles. The Morgan fingerprint density at radius 2 is 2.03 bits per heavy atom. The Morgan fingerprint density at radius 1 is 1.23 bits per heavy atom. The van der Waals surface area contributed by atoms with Crippen LogP contribution in [0.2, 0.25) is 0 Å². The third kappa shape index (κ3) is 5.91. The topological polar surface area (TPSA) is 62.7 Å². The van der Waals surface area contributed by atoms with Gasteiger partial charge in [-0.25, -0.2) is 0 Å². The van der Waals surface area contributed by atoms with Crippen LogP contribution >= 0.6 is 0 Å². The van der Waals surface area contributed by atoms with Crippen LogP contribution in [0.25, 0.3) is 0 Å². The number of hydrogen-bond donors (Lipinski definition) is 0. The molecule has 0 spiro atoms. The summed E-state index contributed by atoms with van der Waals surface area (Å²) in [4.78, 5) is 34.2. The molecular formula is C25H33N3O3. The van der Waals surface area contributed by atoms with Crippen LogP contribution in [0.3, 0.4) is 0 Å². The minimum atomic E-state index is -0.696. The minimum absolute atomic E-state index is 0.0459. The summed E-state index contributed by atoms with van der Waals surface area (Å²) in [7, 11) is 1.93. The summed E-state index contributed by atoms with van der Waals surface area (Å²) in [6.07, 6.45) is 5.67. The third-order valence-corrected chi connectivity index (χ3v) is 6.01. The number of ether oxygens (including phenoxy) is 1. The Kier molecular flexibility index (Phi) is 7.80. The van der Waals surface area contributed by atoms with Gasteiger partial charge in [-0.3, -0.25) is 19.5 Å². The van der Waals surface area contributed by atoms with Crippen LogP contribution in [-0.4, -0.2) is 59.9 Å². The quantitative estimate of drug-likeness (QED) is 0.610. The lowest BCUT2D eigenvalue weighted by Gasteiger charge is -2.41. The Morgan fingerprint density at radius 3 is 2.74 bits per heavy atom. The summed E-state index contributed by atoms with van der Waals surface area (Å²) in [5, 5.41) is 0. The summed E-state index contributed by atoms with van der Waals surface area (Å²) >= 11 is 0. The van der Waals surface area contributed by atoms with Gasteiger partial charge in [0.25, 0.3) is 0 Å². The second-order valence-electron chi connectivity index (χ2n) is 8.56. The number of carbonyl (C=O) groups excluding carboxylic acids is 2. The number of amides is 1. The zero-order chi connectivity index (χ0) is 22.3. The highest BCUT2D eigenvalue weighted by Crippen LogP contribution is 2.36. The number of aryl methyl sites for hydroxylation is 1. The van der Waals surface area contributed by atoms with Crippen LogP contribution in [0.15, 0.2) is 48.8 Å². The van der Waals surface area contributed by atoms with E-state index in [1.807, 2.05) is 54.2 Å². The molecule has 0 unspecified atom stereocenters. The Hall–Kier alpha value is -2.73. The van der Waals surface area contributed by atoms with E-state index in [4.69, 9.17) is 4.74 Å². The monoisotopic (exact) mass is 423 g/mol. The molecule has 0 aliphatic carbocycles. The van der Waals surface area contributed by atoms with Crippen LogP contribution in [0.1, 0.15) is 36.5 Å². The zero-order valence-corrected chi connectivity index (χ0v) is 18.8. The maximum atomic E-state index is 13.1. The lowest BCUT2D eigenvalue weighted by molar-refractivity contribution is -0.161. The fourth-order valence-electron chi connectivity index (χ4n) is 4.38. The molecule has 6 heteroatoms. The summed E-state index contributed by atoms with van der Waals surface area (Å²) < 4.78 is 5.49. The van der Waals surface area contributed by atoms with Gasteiger partial charge >= 0.3 is 5.97 Å². The van der Waals surface area contributed by atoms with E-state index in [9.17, 15) is 9.59 Å². The largest absolute Gasteiger partial charge is 0.466 e. The lowest BCUT2D eigenvalue weighted by Crippen LogP contribution is -2.53. The van der Waals surface area contributed by atoms with E-state index in [0.29, 0.717) is 39.2 Å². The van der Waals surface area contributed by atoms with Crippen molar-refractivity contribution in [2.75, 3.05) is 33.3 Å². The van der Waals surface area contributed by atoms with E-state index in [1.165, 1.54) is 0 Å². The third-order valence-electron chi connectivity index (χ3n) is 6.01. The van der Waals surface area contributed by atoms with Crippen molar-refractivity contribution in [2.24, 2.45) is 5.41 Å². The van der Waals surface area contributed by atoms with Gasteiger partial charge in [-0.05, 0) is 62.9 Å². The van der Waals surface area contributed by atoms with E-state index >= 15 is 0 Å². The van der Waals surface area contributed by atoms with Gasteiger partial charge < -0.3 is 9.64 Å². The second kappa shape index (κ2) is 10.5. The van der Waals surface area contributed by atoms with Crippen LogP contribution in [0.5, 0.6) is 0 Å². The first kappa shape index (κ1) is 22.9. The molecule has 1 fully saturated rings. The van der Waals surface area contributed by atoms with Crippen LogP contribution in [0.4, 0.5) is 0 Å². The SMILES string of the molecule is CCOC(=O)[C@@]1(Cc2ccccc2C)CCCN(C(=O)CN(C)Cc2cccnc2)C1. The Bertz CT molecular complexity index is 887. The second-order valence-corrected chi connectivity index (χ2v) is 8.56. The molecule has 3 rings (SSSR count). The molecule has 1 aliphatic rings. The molecule has 1 aromatic heterocycles. The van der Waals surface area contributed by atoms with Crippen LogP contribution in [0, 0.1) is 12.3 Å². The zero-order valence-electron chi connectivity index (χ0n) is 18.8. The predicted octanol–water partition coefficient (Wildman–Crippen LogP) is 3.24. The Labute approximate surface area is 185 Å². The van der Waals surface area contributed by atoms with E-state index < -0.39 is 5.41 Å². The number of likely N-dealkylation sites (tertiary alicyclic amines) is 1. The number of likely N-dealkylation sites (N-methyl/N-ethyl adjacent to an activating group) is 1. The van der Waals surface area contributed by atoms with Gasteiger partial charge in [-0.2, -0.15) is 0 Å². The number of hydrogen-bond acceptors (Lipinski definition) is 5. The summed E-state index contributed by atoms with van der Waals surface area (Å²) in [5.74, 6) is -0.149. The van der Waals surface area contributed by atoms with Crippen molar-refractivity contribution in [1.82, 2.24) is 14.8 Å². The normalized spacial score (nSPS) is 18.8. The lowest BCUT2D eigenvalue weighted by atomic mass is 9.74. The molecule has 1 saturated heterocycles. The molecule has 31 heavy (non-hydrogen) atoms. The highest BCUT2D eigenvalue weighted by atomic mass is 16.5. The van der Waals surface area contributed by atoms with Gasteiger partial charge in [0.2, 0.25) is 5.91 Å². The Balaban J connectivity index is 1.72. The van der Waals surface area contributed by atoms with Crippen molar-refractivity contribution >= 4 is 11.9 Å². The number of pyridine rings is 1. The summed E-state index contributed by atoms with van der Waals surface area (Å²) in [6.45, 7) is 6.27. The average molecular weight is 424 g/mol. The first-order valence-corrected chi connectivity index (χ1v) is 11.0. The van der Waals surface area contributed by atoms with Crippen LogP contribution < -0.4 is 0 Å². The van der Waals surface area contributed by atoms with Crippen molar-refractivity contribution in [3.63, 3.8) is 0 Å². The first-order valence-electron chi connectivity index (χ1n) is 11.0. The molecular weight excluding hydrogens is 390 g/mol. The number of piperidine rings is 1. The van der Waals surface area contributed by atoms with Gasteiger partial charge in [-0.1, -0.05) is 30.3 Å². The maximum absolute atomic E-state index is 13.1. The molecule has 1 aliphatic heterocycles. The highest BCUT2D eigenvalue weighted by Gasteiger charge is 2.45. The molecule has 166 valence electrons. The smallest absolute Gasteiger partial charge is 0.314 e. The molecule has 0 radical (unpaired) electrons. The summed E-state index contributed by atoms with van der Waals surface area (Å²) in [6, 6.07) is 12.0. The number of aromatic nitrogens is 1. The number of nitrogens with zero attached hydrogens (tertiary/aromatic N) is 3. The molecule has 2 heterocycles. The van der Waals surface area contributed by atoms with Crippen molar-refractivity contribution in [3.8, 4) is 0 Å². The maximum Gasteiger partial charge on any atom is 0.314 e. The number of esters is 1. The molecule has 0 N–H and O–H groups in total. The van der Waals surface area contributed by atoms with E-state index in [1.54, 1.807) is 6.20 Å². The molecule has 0 bridgehead atoms. The molecule has 1 atom stereocenters. The summed E-state index contributed by atoms with van der Waals surface area (Å²) in [5.41, 5.74) is 2.67. The number of carbonyl (C=O) groups is 2. The fourth-order valence-corrected chi connectivity index (χ4v) is 4.38. The number of benzene rings is 1. The molecule has 0 saturated carbocycles. The van der Waals surface area contributed by atoms with Crippen molar-refractivity contribution in [2.45, 2.75) is 39.7 Å². The number of rotatable bonds is 8. The average Bonchev–Trinajstić information content (AvgIpc) is 2.76. The van der Waals surface area contributed by atoms with Gasteiger partial charge in [0.1, 0.15) is 0 Å². The molecule has 2 aromatic rings. The van der Waals surface area contributed by atoms with Gasteiger partial charge in [0.05, 0.1) is 18.6 Å². The van der Waals surface area contributed by atoms with Crippen molar-refractivity contribution in [3.05, 3.63) is 65.5 Å². The van der Waals surface area contributed by atoms with Gasteiger partial charge in [0, 0.05) is 32.0 Å². The highest BCUT2D eigenvalue weighted by molar-refractivity contribution is 5.82. The van der Waals surface area contributed by atoms with Gasteiger partial charge in [0.15, 0.2) is 0 Å². The van der Waals surface area contributed by atoms with E-state index in [0.717, 1.165) is 29.5 Å². The van der Waals surface area contributed by atoms with E-state index in [-0.39, 0.29) is 11.9 Å². The molecule has 1 amide bonds. The fraction of sp³-hybridized carbons (Fsp3) is 0.480. The minimum Gasteiger partial charge on any atom is -0.466 e. The first-order chi connectivity index (χ1) is 14.9. The van der Waals surface area contributed by atoms with Crippen molar-refractivity contribution < 1.29 is 14.3 Å². The standard InChI is InChI=1S/C25H33N3O3/c1-4-31-24(30)25(15-22-11-6-5-9-20(22)2)12-8-14-28(19-25)23(29)18-27(3)17-21-10-7-13-26-16-21/h5-7,9-11,13,16H,4,8,12,14-15,17-19H2,1-3H3/t25-/m1/s1. The van der Waals surface area contributed by atoms with Crippen LogP contribution in [-0.2, 0) is 27.3 Å².